The van der Waals surface area contributed by atoms with Gasteiger partial charge in [0.2, 0.25) is 0 Å². The maximum absolute atomic E-state index is 12.1. The Morgan fingerprint density at radius 3 is 2.56 bits per heavy atom. The van der Waals surface area contributed by atoms with Gasteiger partial charge in [-0.2, -0.15) is 0 Å². The lowest BCUT2D eigenvalue weighted by molar-refractivity contribution is -0.142. The first-order valence-corrected chi connectivity index (χ1v) is 8.87. The van der Waals surface area contributed by atoms with Crippen molar-refractivity contribution in [3.05, 3.63) is 23.8 Å². The number of nitrogens with one attached hydrogen (secondary N) is 1. The van der Waals surface area contributed by atoms with Crippen LogP contribution in [0.5, 0.6) is 11.5 Å². The molecule has 25 heavy (non-hydrogen) atoms. The van der Waals surface area contributed by atoms with Crippen LogP contribution >= 0.6 is 0 Å². The smallest absolute Gasteiger partial charge is 0.307 e. The molecule has 0 radical (unpaired) electrons. The highest BCUT2D eigenvalue weighted by atomic mass is 16.5. The number of ether oxygens (including phenoxy) is 3. The minimum Gasteiger partial charge on any atom is -0.493 e. The Morgan fingerprint density at radius 1 is 1.08 bits per heavy atom. The molecule has 0 spiro atoms. The minimum atomic E-state index is -0.327. The largest absolute Gasteiger partial charge is 0.493 e. The summed E-state index contributed by atoms with van der Waals surface area (Å²) in [5, 5.41) is 2.69. The van der Waals surface area contributed by atoms with Gasteiger partial charge >= 0.3 is 5.97 Å². The molecule has 1 rings (SSSR count). The van der Waals surface area contributed by atoms with Crippen molar-refractivity contribution in [3.63, 3.8) is 0 Å². The lowest BCUT2D eigenvalue weighted by atomic mass is 10.2. The molecule has 0 aliphatic carbocycles. The van der Waals surface area contributed by atoms with Crippen molar-refractivity contribution in [2.24, 2.45) is 0 Å². The van der Waals surface area contributed by atoms with Crippen LogP contribution in [0.2, 0.25) is 0 Å². The van der Waals surface area contributed by atoms with Gasteiger partial charge < -0.3 is 19.5 Å². The van der Waals surface area contributed by atoms with Gasteiger partial charge in [0.05, 0.1) is 26.7 Å². The van der Waals surface area contributed by atoms with E-state index in [1.54, 1.807) is 32.2 Å². The fourth-order valence-corrected chi connectivity index (χ4v) is 2.25. The highest BCUT2D eigenvalue weighted by Crippen LogP contribution is 2.28. The highest BCUT2D eigenvalue weighted by molar-refractivity contribution is 5.95. The number of carbonyl (C=O) groups is 2. The molecule has 140 valence electrons. The predicted octanol–water partition coefficient (Wildman–Crippen LogP) is 3.34. The molecule has 0 atom stereocenters. The zero-order valence-corrected chi connectivity index (χ0v) is 15.4. The molecule has 0 fully saturated rings. The van der Waals surface area contributed by atoms with Crippen LogP contribution in [0.25, 0.3) is 0 Å². The Hall–Kier alpha value is -2.24. The minimum absolute atomic E-state index is 0.148. The monoisotopic (exact) mass is 351 g/mol. The van der Waals surface area contributed by atoms with E-state index in [4.69, 9.17) is 14.2 Å². The van der Waals surface area contributed by atoms with Gasteiger partial charge in [0.15, 0.2) is 11.5 Å². The second-order valence-electron chi connectivity index (χ2n) is 5.59. The average Bonchev–Trinajstić information content (AvgIpc) is 2.61. The Balaban J connectivity index is 2.52. The van der Waals surface area contributed by atoms with Gasteiger partial charge in [0.1, 0.15) is 0 Å². The molecule has 6 heteroatoms. The SMILES string of the molecule is CCCCCCOc1ccc(C(=O)NCCC(=O)OCC)cc1OC. The van der Waals surface area contributed by atoms with Crippen molar-refractivity contribution in [1.29, 1.82) is 0 Å². The summed E-state index contributed by atoms with van der Waals surface area (Å²) in [4.78, 5) is 23.4. The van der Waals surface area contributed by atoms with Crippen molar-refractivity contribution in [3.8, 4) is 11.5 Å². The summed E-state index contributed by atoms with van der Waals surface area (Å²) >= 11 is 0. The van der Waals surface area contributed by atoms with E-state index in [1.165, 1.54) is 12.8 Å². The fourth-order valence-electron chi connectivity index (χ4n) is 2.25. The van der Waals surface area contributed by atoms with Crippen LogP contribution in [0.15, 0.2) is 18.2 Å². The number of amides is 1. The van der Waals surface area contributed by atoms with Crippen molar-refractivity contribution in [1.82, 2.24) is 5.32 Å². The normalized spacial score (nSPS) is 10.2. The number of benzene rings is 1. The zero-order valence-electron chi connectivity index (χ0n) is 15.4. The molecule has 1 aromatic rings. The van der Waals surface area contributed by atoms with E-state index in [0.29, 0.717) is 30.3 Å². The van der Waals surface area contributed by atoms with Gasteiger partial charge in [-0.1, -0.05) is 26.2 Å². The van der Waals surface area contributed by atoms with Crippen molar-refractivity contribution >= 4 is 11.9 Å². The zero-order chi connectivity index (χ0) is 18.5. The Bertz CT molecular complexity index is 545. The van der Waals surface area contributed by atoms with E-state index in [0.717, 1.165) is 12.8 Å². The molecule has 1 N–H and O–H groups in total. The summed E-state index contributed by atoms with van der Waals surface area (Å²) in [6.45, 7) is 5.11. The van der Waals surface area contributed by atoms with Crippen molar-refractivity contribution in [2.75, 3.05) is 26.9 Å². The van der Waals surface area contributed by atoms with Crippen LogP contribution in [0.4, 0.5) is 0 Å². The van der Waals surface area contributed by atoms with Crippen LogP contribution in [0, 0.1) is 0 Å². The van der Waals surface area contributed by atoms with Crippen molar-refractivity contribution < 1.29 is 23.8 Å². The van der Waals surface area contributed by atoms with E-state index in [2.05, 4.69) is 12.2 Å². The maximum atomic E-state index is 12.1. The van der Waals surface area contributed by atoms with Crippen LogP contribution < -0.4 is 14.8 Å². The molecule has 0 saturated carbocycles. The maximum Gasteiger partial charge on any atom is 0.307 e. The number of unbranched alkanes of at least 4 members (excludes halogenated alkanes) is 3. The van der Waals surface area contributed by atoms with Gasteiger partial charge in [-0.05, 0) is 31.5 Å². The van der Waals surface area contributed by atoms with Gasteiger partial charge in [-0.3, -0.25) is 9.59 Å². The Kier molecular flexibility index (Phi) is 10.1. The summed E-state index contributed by atoms with van der Waals surface area (Å²) in [5.41, 5.74) is 0.457. The number of esters is 1. The number of rotatable bonds is 12. The van der Waals surface area contributed by atoms with Crippen LogP contribution in [0.3, 0.4) is 0 Å². The first-order chi connectivity index (χ1) is 12.1. The van der Waals surface area contributed by atoms with Crippen molar-refractivity contribution in [2.45, 2.75) is 46.0 Å². The third kappa shape index (κ3) is 7.92. The first-order valence-electron chi connectivity index (χ1n) is 8.87. The number of carbonyl (C=O) groups excluding carboxylic acids is 2. The topological polar surface area (TPSA) is 73.9 Å². The molecule has 0 bridgehead atoms. The molecule has 1 amide bonds. The molecule has 6 nitrogen and oxygen atoms in total. The summed E-state index contributed by atoms with van der Waals surface area (Å²) < 4.78 is 15.9. The van der Waals surface area contributed by atoms with E-state index in [-0.39, 0.29) is 24.8 Å². The summed E-state index contributed by atoms with van der Waals surface area (Å²) in [7, 11) is 1.54. The molecule has 1 aromatic carbocycles. The van der Waals surface area contributed by atoms with E-state index in [1.807, 2.05) is 0 Å². The Labute approximate surface area is 149 Å². The highest BCUT2D eigenvalue weighted by Gasteiger charge is 2.12. The third-order valence-corrected chi connectivity index (χ3v) is 3.60. The molecule has 0 heterocycles. The van der Waals surface area contributed by atoms with E-state index >= 15 is 0 Å². The standard InChI is InChI=1S/C19H29NO5/c1-4-6-7-8-13-25-16-10-9-15(14-17(16)23-3)19(22)20-12-11-18(21)24-5-2/h9-10,14H,4-8,11-13H2,1-3H3,(H,20,22). The van der Waals surface area contributed by atoms with Crippen LogP contribution in [0.1, 0.15) is 56.3 Å². The molecule has 0 unspecified atom stereocenters. The van der Waals surface area contributed by atoms with Crippen LogP contribution in [-0.2, 0) is 9.53 Å². The molecule has 0 aromatic heterocycles. The molecule has 0 saturated heterocycles. The molecule has 0 aliphatic rings. The molecular weight excluding hydrogens is 322 g/mol. The van der Waals surface area contributed by atoms with E-state index in [9.17, 15) is 9.59 Å². The molecular formula is C19H29NO5. The predicted molar refractivity (Wildman–Crippen MR) is 96.2 cm³/mol. The third-order valence-electron chi connectivity index (χ3n) is 3.60. The lowest BCUT2D eigenvalue weighted by Gasteiger charge is -2.12. The molecule has 0 aliphatic heterocycles. The quantitative estimate of drug-likeness (QED) is 0.462. The first kappa shape index (κ1) is 20.8. The van der Waals surface area contributed by atoms with Gasteiger partial charge in [0.25, 0.3) is 5.91 Å². The number of hydrogen-bond acceptors (Lipinski definition) is 5. The summed E-state index contributed by atoms with van der Waals surface area (Å²) in [6, 6.07) is 5.06. The second kappa shape index (κ2) is 12.2. The van der Waals surface area contributed by atoms with Gasteiger partial charge in [-0.25, -0.2) is 0 Å². The summed E-state index contributed by atoms with van der Waals surface area (Å²) in [5.74, 6) is 0.555. The summed E-state index contributed by atoms with van der Waals surface area (Å²) in [6.07, 6.45) is 4.66. The van der Waals surface area contributed by atoms with Gasteiger partial charge in [0, 0.05) is 12.1 Å². The van der Waals surface area contributed by atoms with E-state index < -0.39 is 0 Å². The number of hydrogen-bond donors (Lipinski definition) is 1. The van der Waals surface area contributed by atoms with Gasteiger partial charge in [-0.15, -0.1) is 0 Å². The lowest BCUT2D eigenvalue weighted by Crippen LogP contribution is -2.26. The Morgan fingerprint density at radius 2 is 1.88 bits per heavy atom. The average molecular weight is 351 g/mol. The van der Waals surface area contributed by atoms with Crippen LogP contribution in [-0.4, -0.2) is 38.7 Å². The number of methoxy groups -OCH3 is 1. The fraction of sp³-hybridized carbons (Fsp3) is 0.579. The second-order valence-corrected chi connectivity index (χ2v) is 5.59.